The number of benzene rings is 2. The number of hydrogen-bond acceptors (Lipinski definition) is 2. The molecule has 3 N–H and O–H groups in total. The fourth-order valence-corrected chi connectivity index (χ4v) is 2.57. The number of thiocarbonyl (C=S) groups is 1. The first-order valence-electron chi connectivity index (χ1n) is 7.27. The van der Waals surface area contributed by atoms with Crippen LogP contribution < -0.4 is 10.6 Å². The second kappa shape index (κ2) is 6.15. The summed E-state index contributed by atoms with van der Waals surface area (Å²) in [4.78, 5) is 7.99. The van der Waals surface area contributed by atoms with Gasteiger partial charge in [-0.25, -0.2) is 4.98 Å². The van der Waals surface area contributed by atoms with E-state index >= 15 is 0 Å². The number of aromatic nitrogens is 2. The van der Waals surface area contributed by atoms with Crippen molar-refractivity contribution < 1.29 is 0 Å². The zero-order valence-corrected chi connectivity index (χ0v) is 13.4. The molecule has 22 heavy (non-hydrogen) atoms. The first kappa shape index (κ1) is 14.5. The van der Waals surface area contributed by atoms with E-state index in [9.17, 15) is 0 Å². The van der Waals surface area contributed by atoms with Gasteiger partial charge in [0.1, 0.15) is 5.82 Å². The molecule has 1 heterocycles. The number of rotatable bonds is 3. The van der Waals surface area contributed by atoms with E-state index in [2.05, 4.69) is 39.7 Å². The van der Waals surface area contributed by atoms with E-state index in [1.807, 2.05) is 37.3 Å². The Morgan fingerprint density at radius 3 is 2.68 bits per heavy atom. The average Bonchev–Trinajstić information content (AvgIpc) is 2.91. The smallest absolute Gasteiger partial charge is 0.170 e. The van der Waals surface area contributed by atoms with Crippen LogP contribution in [0.4, 0.5) is 5.69 Å². The van der Waals surface area contributed by atoms with Gasteiger partial charge in [0.25, 0.3) is 0 Å². The Hall–Kier alpha value is -2.40. The monoisotopic (exact) mass is 310 g/mol. The Balaban J connectivity index is 1.83. The molecule has 0 spiro atoms. The second-order valence-corrected chi connectivity index (χ2v) is 5.58. The van der Waals surface area contributed by atoms with Crippen molar-refractivity contribution in [3.8, 4) is 11.4 Å². The van der Waals surface area contributed by atoms with Gasteiger partial charge in [0.15, 0.2) is 5.11 Å². The third-order valence-electron chi connectivity index (χ3n) is 3.39. The predicted molar refractivity (Wildman–Crippen MR) is 96.2 cm³/mol. The minimum Gasteiger partial charge on any atom is -0.363 e. The maximum Gasteiger partial charge on any atom is 0.170 e. The second-order valence-electron chi connectivity index (χ2n) is 5.17. The molecule has 0 radical (unpaired) electrons. The molecule has 0 bridgehead atoms. The average molecular weight is 310 g/mol. The van der Waals surface area contributed by atoms with Crippen LogP contribution in [0.5, 0.6) is 0 Å². The van der Waals surface area contributed by atoms with Crippen LogP contribution in [0.25, 0.3) is 22.4 Å². The van der Waals surface area contributed by atoms with Crippen molar-refractivity contribution >= 4 is 34.1 Å². The number of nitrogens with one attached hydrogen (secondary N) is 3. The zero-order valence-electron chi connectivity index (χ0n) is 12.6. The third-order valence-corrected chi connectivity index (χ3v) is 3.64. The number of aromatic amines is 1. The van der Waals surface area contributed by atoms with E-state index in [1.165, 1.54) is 5.56 Å². The molecule has 2 aromatic carbocycles. The lowest BCUT2D eigenvalue weighted by atomic mass is 10.2. The summed E-state index contributed by atoms with van der Waals surface area (Å²) in [6.45, 7) is 4.90. The fraction of sp³-hybridized carbons (Fsp3) is 0.176. The van der Waals surface area contributed by atoms with E-state index < -0.39 is 0 Å². The summed E-state index contributed by atoms with van der Waals surface area (Å²) in [5.41, 5.74) is 5.27. The molecule has 0 amide bonds. The van der Waals surface area contributed by atoms with Gasteiger partial charge in [-0.1, -0.05) is 6.07 Å². The van der Waals surface area contributed by atoms with E-state index in [0.29, 0.717) is 5.11 Å². The Morgan fingerprint density at radius 2 is 1.95 bits per heavy atom. The fourth-order valence-electron chi connectivity index (χ4n) is 2.31. The summed E-state index contributed by atoms with van der Waals surface area (Å²) >= 11 is 5.18. The van der Waals surface area contributed by atoms with Crippen LogP contribution in [0.1, 0.15) is 12.5 Å². The molecule has 0 aliphatic carbocycles. The largest absolute Gasteiger partial charge is 0.363 e. The maximum atomic E-state index is 5.18. The van der Waals surface area contributed by atoms with Crippen LogP contribution >= 0.6 is 12.2 Å². The number of aryl methyl sites for hydroxylation is 1. The molecule has 4 nitrogen and oxygen atoms in total. The van der Waals surface area contributed by atoms with Gasteiger partial charge >= 0.3 is 0 Å². The molecular formula is C17H18N4S. The highest BCUT2D eigenvalue weighted by atomic mass is 32.1. The molecule has 0 aliphatic heterocycles. The summed E-state index contributed by atoms with van der Waals surface area (Å²) in [7, 11) is 0. The highest BCUT2D eigenvalue weighted by molar-refractivity contribution is 7.80. The molecule has 0 saturated heterocycles. The van der Waals surface area contributed by atoms with Gasteiger partial charge in [-0.05, 0) is 68.0 Å². The van der Waals surface area contributed by atoms with Crippen molar-refractivity contribution in [2.45, 2.75) is 13.8 Å². The Bertz CT molecular complexity index is 805. The van der Waals surface area contributed by atoms with E-state index in [-0.39, 0.29) is 0 Å². The van der Waals surface area contributed by atoms with Crippen LogP contribution in [-0.2, 0) is 0 Å². The van der Waals surface area contributed by atoms with Gasteiger partial charge in [0.05, 0.1) is 11.0 Å². The predicted octanol–water partition coefficient (Wildman–Crippen LogP) is 3.84. The van der Waals surface area contributed by atoms with E-state index in [1.54, 1.807) is 0 Å². The van der Waals surface area contributed by atoms with Crippen LogP contribution in [0.2, 0.25) is 0 Å². The van der Waals surface area contributed by atoms with E-state index in [0.717, 1.165) is 34.7 Å². The standard InChI is InChI=1S/C17H18N4S/c1-3-18-17(22)19-13-7-5-12(6-8-13)16-20-14-9-4-11(2)10-15(14)21-16/h4-10H,3H2,1-2H3,(H,20,21)(H2,18,19,22). The quantitative estimate of drug-likeness (QED) is 0.643. The minimum atomic E-state index is 0.634. The van der Waals surface area contributed by atoms with Crippen molar-refractivity contribution in [1.29, 1.82) is 0 Å². The highest BCUT2D eigenvalue weighted by Gasteiger charge is 2.05. The van der Waals surface area contributed by atoms with Crippen LogP contribution in [0.15, 0.2) is 42.5 Å². The summed E-state index contributed by atoms with van der Waals surface area (Å²) in [6.07, 6.45) is 0. The lowest BCUT2D eigenvalue weighted by Gasteiger charge is -2.08. The number of fused-ring (bicyclic) bond motifs is 1. The SMILES string of the molecule is CCNC(=S)Nc1ccc(-c2nc3ccc(C)cc3[nH]2)cc1. The number of nitrogens with zero attached hydrogens (tertiary/aromatic N) is 1. The molecule has 3 rings (SSSR count). The Kier molecular flexibility index (Phi) is 4.06. The number of hydrogen-bond donors (Lipinski definition) is 3. The molecular weight excluding hydrogens is 292 g/mol. The molecule has 112 valence electrons. The van der Waals surface area contributed by atoms with Gasteiger partial charge in [-0.2, -0.15) is 0 Å². The van der Waals surface area contributed by atoms with Crippen molar-refractivity contribution in [2.24, 2.45) is 0 Å². The van der Waals surface area contributed by atoms with Gasteiger partial charge < -0.3 is 15.6 Å². The zero-order chi connectivity index (χ0) is 15.5. The third kappa shape index (κ3) is 3.09. The molecule has 1 aromatic heterocycles. The molecule has 0 unspecified atom stereocenters. The van der Waals surface area contributed by atoms with Crippen LogP contribution in [0, 0.1) is 6.92 Å². The molecule has 5 heteroatoms. The van der Waals surface area contributed by atoms with Gasteiger partial charge in [0, 0.05) is 17.8 Å². The van der Waals surface area contributed by atoms with Gasteiger partial charge in [-0.15, -0.1) is 0 Å². The van der Waals surface area contributed by atoms with Crippen molar-refractivity contribution in [3.63, 3.8) is 0 Å². The minimum absolute atomic E-state index is 0.634. The number of imidazole rings is 1. The van der Waals surface area contributed by atoms with Crippen molar-refractivity contribution in [2.75, 3.05) is 11.9 Å². The van der Waals surface area contributed by atoms with Crippen LogP contribution in [0.3, 0.4) is 0 Å². The van der Waals surface area contributed by atoms with Crippen molar-refractivity contribution in [1.82, 2.24) is 15.3 Å². The summed E-state index contributed by atoms with van der Waals surface area (Å²) < 4.78 is 0. The van der Waals surface area contributed by atoms with Gasteiger partial charge in [0.2, 0.25) is 0 Å². The lowest BCUT2D eigenvalue weighted by Crippen LogP contribution is -2.27. The lowest BCUT2D eigenvalue weighted by molar-refractivity contribution is 0.979. The molecule has 0 aliphatic rings. The van der Waals surface area contributed by atoms with Crippen LogP contribution in [-0.4, -0.2) is 21.6 Å². The summed E-state index contributed by atoms with van der Waals surface area (Å²) in [5.74, 6) is 0.876. The van der Waals surface area contributed by atoms with Gasteiger partial charge in [-0.3, -0.25) is 0 Å². The molecule has 0 saturated carbocycles. The first-order chi connectivity index (χ1) is 10.7. The number of anilines is 1. The number of H-pyrrole nitrogens is 1. The topological polar surface area (TPSA) is 52.7 Å². The van der Waals surface area contributed by atoms with Crippen molar-refractivity contribution in [3.05, 3.63) is 48.0 Å². The Labute approximate surface area is 135 Å². The Morgan fingerprint density at radius 1 is 1.18 bits per heavy atom. The van der Waals surface area contributed by atoms with E-state index in [4.69, 9.17) is 12.2 Å². The highest BCUT2D eigenvalue weighted by Crippen LogP contribution is 2.22. The normalized spacial score (nSPS) is 10.6. The molecule has 0 fully saturated rings. The maximum absolute atomic E-state index is 5.18. The summed E-state index contributed by atoms with van der Waals surface area (Å²) in [6, 6.07) is 14.3. The molecule has 0 atom stereocenters. The summed E-state index contributed by atoms with van der Waals surface area (Å²) in [5, 5.41) is 6.84. The first-order valence-corrected chi connectivity index (χ1v) is 7.68. The molecule has 3 aromatic rings.